The van der Waals surface area contributed by atoms with E-state index < -0.39 is 23.4 Å². The van der Waals surface area contributed by atoms with Gasteiger partial charge in [-0.05, 0) is 60.9 Å². The smallest absolute Gasteiger partial charge is 0.335 e. The Morgan fingerprint density at radius 2 is 1.80 bits per heavy atom. The number of rotatable bonds is 9. The lowest BCUT2D eigenvalue weighted by Crippen LogP contribution is -2.31. The van der Waals surface area contributed by atoms with Gasteiger partial charge in [0.2, 0.25) is 5.88 Å². The van der Waals surface area contributed by atoms with E-state index in [0.29, 0.717) is 52.4 Å². The maximum atomic E-state index is 15.7. The summed E-state index contributed by atoms with van der Waals surface area (Å²) in [5, 5.41) is 13.6. The highest BCUT2D eigenvalue weighted by Crippen LogP contribution is 2.30. The molecule has 4 heterocycles. The quantitative estimate of drug-likeness (QED) is 0.172. The van der Waals surface area contributed by atoms with E-state index in [1.807, 2.05) is 6.92 Å². The number of benzene rings is 3. The number of fused-ring (bicyclic) bond motifs is 1. The Balaban J connectivity index is 1.10. The third-order valence-corrected chi connectivity index (χ3v) is 8.54. The summed E-state index contributed by atoms with van der Waals surface area (Å²) in [7, 11) is 1.79. The first-order valence-electron chi connectivity index (χ1n) is 15.8. The summed E-state index contributed by atoms with van der Waals surface area (Å²) in [4.78, 5) is 20.6. The number of carbonyl (C=O) groups is 1. The summed E-state index contributed by atoms with van der Waals surface area (Å²) in [5.74, 6) is 3.49. The molecule has 1 aliphatic rings. The first-order valence-corrected chi connectivity index (χ1v) is 15.8. The number of hydrogen-bond acceptors (Lipinski definition) is 6. The number of carboxylic acid groups (broad SMARTS) is 1. The molecule has 1 atom stereocenters. The van der Waals surface area contributed by atoms with Crippen LogP contribution in [0.2, 0.25) is 0 Å². The van der Waals surface area contributed by atoms with Crippen molar-refractivity contribution < 1.29 is 32.5 Å². The molecule has 0 radical (unpaired) electrons. The molecule has 50 heavy (non-hydrogen) atoms. The molecule has 9 nitrogen and oxygen atoms in total. The van der Waals surface area contributed by atoms with Crippen molar-refractivity contribution in [3.63, 3.8) is 0 Å². The molecular weight excluding hydrogens is 647 g/mol. The molecule has 252 valence electrons. The van der Waals surface area contributed by atoms with Crippen LogP contribution in [-0.2, 0) is 31.4 Å². The van der Waals surface area contributed by atoms with E-state index in [1.54, 1.807) is 65.1 Å². The van der Waals surface area contributed by atoms with Gasteiger partial charge in [-0.2, -0.15) is 5.10 Å². The predicted molar refractivity (Wildman–Crippen MR) is 178 cm³/mol. The van der Waals surface area contributed by atoms with Crippen molar-refractivity contribution in [2.45, 2.75) is 39.0 Å². The van der Waals surface area contributed by atoms with Gasteiger partial charge in [0, 0.05) is 49.0 Å². The number of hydrogen-bond donors (Lipinski definition) is 1. The van der Waals surface area contributed by atoms with Gasteiger partial charge in [0.15, 0.2) is 5.82 Å². The van der Waals surface area contributed by atoms with Crippen molar-refractivity contribution in [2.24, 2.45) is 7.05 Å². The maximum absolute atomic E-state index is 15.7. The van der Waals surface area contributed by atoms with E-state index in [0.717, 1.165) is 23.6 Å². The average Bonchev–Trinajstić information content (AvgIpc) is 3.65. The third-order valence-electron chi connectivity index (χ3n) is 8.54. The molecule has 0 bridgehead atoms. The van der Waals surface area contributed by atoms with Crippen molar-refractivity contribution in [1.82, 2.24) is 24.3 Å². The molecule has 0 saturated carbocycles. The molecule has 6 aromatic rings. The summed E-state index contributed by atoms with van der Waals surface area (Å²) in [6, 6.07) is 15.1. The number of pyridine rings is 1. The van der Waals surface area contributed by atoms with Crippen LogP contribution >= 0.6 is 0 Å². The second-order valence-corrected chi connectivity index (χ2v) is 12.1. The van der Waals surface area contributed by atoms with E-state index in [4.69, 9.17) is 9.47 Å². The van der Waals surface area contributed by atoms with Crippen molar-refractivity contribution in [1.29, 1.82) is 0 Å². The Hall–Kier alpha value is -5.93. The second-order valence-electron chi connectivity index (χ2n) is 12.1. The maximum Gasteiger partial charge on any atom is 0.335 e. The fourth-order valence-electron chi connectivity index (χ4n) is 5.82. The molecule has 0 aliphatic carbocycles. The van der Waals surface area contributed by atoms with Crippen molar-refractivity contribution in [3.05, 3.63) is 130 Å². The van der Waals surface area contributed by atoms with Gasteiger partial charge in [0.05, 0.1) is 41.2 Å². The first-order chi connectivity index (χ1) is 24.1. The number of ether oxygens (including phenoxy) is 2. The van der Waals surface area contributed by atoms with Gasteiger partial charge in [-0.1, -0.05) is 30.0 Å². The summed E-state index contributed by atoms with van der Waals surface area (Å²) in [5.41, 5.74) is 3.74. The van der Waals surface area contributed by atoms with Crippen LogP contribution in [0.15, 0.2) is 73.1 Å². The minimum atomic E-state index is -1.26. The molecule has 1 N–H and O–H groups in total. The minimum Gasteiger partial charge on any atom is -0.478 e. The summed E-state index contributed by atoms with van der Waals surface area (Å²) in [6.45, 7) is 2.68. The molecule has 1 saturated heterocycles. The Morgan fingerprint density at radius 1 is 1.00 bits per heavy atom. The highest BCUT2D eigenvalue weighted by atomic mass is 19.1. The Morgan fingerprint density at radius 3 is 2.52 bits per heavy atom. The monoisotopic (exact) mass is 677 g/mol. The lowest BCUT2D eigenvalue weighted by atomic mass is 9.99. The van der Waals surface area contributed by atoms with Crippen LogP contribution in [0.4, 0.5) is 13.2 Å². The molecule has 0 spiro atoms. The fraction of sp³-hybridized carbons (Fsp3) is 0.211. The summed E-state index contributed by atoms with van der Waals surface area (Å²) < 4.78 is 60.4. The Kier molecular flexibility index (Phi) is 8.82. The molecule has 0 unspecified atom stereocenters. The molecule has 0 amide bonds. The van der Waals surface area contributed by atoms with Crippen LogP contribution in [0, 0.1) is 36.2 Å². The van der Waals surface area contributed by atoms with Gasteiger partial charge in [-0.15, -0.1) is 0 Å². The van der Waals surface area contributed by atoms with E-state index in [9.17, 15) is 18.7 Å². The van der Waals surface area contributed by atoms with Crippen LogP contribution in [0.3, 0.4) is 0 Å². The van der Waals surface area contributed by atoms with Crippen LogP contribution < -0.4 is 4.74 Å². The molecule has 3 aromatic carbocycles. The molecular formula is C38H30F3N5O4. The summed E-state index contributed by atoms with van der Waals surface area (Å²) in [6.07, 6.45) is 4.09. The fourth-order valence-corrected chi connectivity index (χ4v) is 5.82. The molecule has 7 rings (SSSR count). The number of imidazole rings is 1. The van der Waals surface area contributed by atoms with Crippen molar-refractivity contribution in [3.8, 4) is 29.0 Å². The Bertz CT molecular complexity index is 2330. The number of aromatic carboxylic acids is 1. The zero-order valence-electron chi connectivity index (χ0n) is 27.1. The van der Waals surface area contributed by atoms with Crippen LogP contribution in [0.5, 0.6) is 5.88 Å². The largest absolute Gasteiger partial charge is 0.478 e. The minimum absolute atomic E-state index is 0.0180. The zero-order valence-corrected chi connectivity index (χ0v) is 27.1. The lowest BCUT2D eigenvalue weighted by molar-refractivity contribution is -0.0589. The lowest BCUT2D eigenvalue weighted by Gasteiger charge is -2.27. The summed E-state index contributed by atoms with van der Waals surface area (Å²) >= 11 is 0. The van der Waals surface area contributed by atoms with E-state index in [1.165, 1.54) is 18.2 Å². The standard InChI is InChI=1S/C38H30F3N5O4/c1-22-12-26(16-35-44-37-32(41)14-27(38(47)48)15-34(37)46(35)20-28-10-11-49-28)31(40)17-29(22)33-4-3-5-36(43-33)50-21-25-9-8-23(13-30(25)39)6-7-24-18-42-45(2)19-24/h3-5,8-9,12-15,17-19,28H,10-11,16,20-21H2,1-2H3,(H,47,48)/t28-/m0/s1. The normalized spacial score (nSPS) is 13.9. The van der Waals surface area contributed by atoms with Crippen molar-refractivity contribution in [2.75, 3.05) is 6.61 Å². The Labute approximate surface area is 284 Å². The van der Waals surface area contributed by atoms with Gasteiger partial charge in [0.1, 0.15) is 29.6 Å². The van der Waals surface area contributed by atoms with E-state index >= 15 is 4.39 Å². The van der Waals surface area contributed by atoms with Gasteiger partial charge in [-0.3, -0.25) is 4.68 Å². The molecule has 1 aliphatic heterocycles. The van der Waals surface area contributed by atoms with Gasteiger partial charge >= 0.3 is 5.97 Å². The van der Waals surface area contributed by atoms with Crippen LogP contribution in [-0.4, -0.2) is 48.1 Å². The average molecular weight is 678 g/mol. The molecule has 3 aromatic heterocycles. The second kappa shape index (κ2) is 13.5. The number of carboxylic acids is 1. The van der Waals surface area contributed by atoms with Gasteiger partial charge in [-0.25, -0.2) is 27.9 Å². The number of aromatic nitrogens is 5. The predicted octanol–water partition coefficient (Wildman–Crippen LogP) is 6.61. The number of nitrogens with zero attached hydrogens (tertiary/aromatic N) is 5. The highest BCUT2D eigenvalue weighted by Gasteiger charge is 2.25. The highest BCUT2D eigenvalue weighted by molar-refractivity contribution is 5.92. The van der Waals surface area contributed by atoms with Crippen molar-refractivity contribution >= 4 is 17.0 Å². The third kappa shape index (κ3) is 6.81. The number of halogens is 3. The van der Waals surface area contributed by atoms with Gasteiger partial charge < -0.3 is 19.1 Å². The van der Waals surface area contributed by atoms with E-state index in [-0.39, 0.29) is 36.1 Å². The molecule has 12 heteroatoms. The van der Waals surface area contributed by atoms with Crippen LogP contribution in [0.25, 0.3) is 22.3 Å². The first kappa shape index (κ1) is 32.6. The number of aryl methyl sites for hydroxylation is 2. The topological polar surface area (TPSA) is 104 Å². The van der Waals surface area contributed by atoms with Gasteiger partial charge in [0.25, 0.3) is 0 Å². The van der Waals surface area contributed by atoms with E-state index in [2.05, 4.69) is 26.9 Å². The molecule has 1 fully saturated rings. The SMILES string of the molecule is Cc1cc(Cc2nc3c(F)cc(C(=O)O)cc3n2C[C@@H]2CCO2)c(F)cc1-c1cccc(OCc2ccc(C#Cc3cnn(C)c3)cc2F)n1. The van der Waals surface area contributed by atoms with Crippen LogP contribution in [0.1, 0.15) is 50.4 Å². The zero-order chi connectivity index (χ0) is 34.9.